The molecule has 2 N–H and O–H groups in total. The van der Waals surface area contributed by atoms with Gasteiger partial charge in [0.25, 0.3) is 5.91 Å². The Morgan fingerprint density at radius 1 is 1.07 bits per heavy atom. The first-order valence-corrected chi connectivity index (χ1v) is 9.02. The number of rotatable bonds is 4. The van der Waals surface area contributed by atoms with E-state index in [1.54, 1.807) is 41.3 Å². The number of carbonyl (C=O) groups excluding carboxylic acids is 3. The Hall–Kier alpha value is -2.86. The summed E-state index contributed by atoms with van der Waals surface area (Å²) in [6.45, 7) is 3.92. The van der Waals surface area contributed by atoms with Crippen LogP contribution in [-0.2, 0) is 20.9 Å². The summed E-state index contributed by atoms with van der Waals surface area (Å²) in [7, 11) is 0. The van der Waals surface area contributed by atoms with Crippen molar-refractivity contribution in [2.45, 2.75) is 32.5 Å². The molecule has 2 aromatic rings. The molecule has 1 aliphatic rings. The van der Waals surface area contributed by atoms with Crippen LogP contribution < -0.4 is 15.5 Å². The molecule has 7 heteroatoms. The van der Waals surface area contributed by atoms with Crippen LogP contribution in [0.4, 0.5) is 5.69 Å². The van der Waals surface area contributed by atoms with E-state index in [2.05, 4.69) is 10.6 Å². The molecular formula is C20H20ClN3O3. The van der Waals surface area contributed by atoms with Crippen LogP contribution in [-0.4, -0.2) is 23.8 Å². The lowest BCUT2D eigenvalue weighted by Gasteiger charge is -2.22. The van der Waals surface area contributed by atoms with E-state index in [1.807, 2.05) is 26.0 Å². The topological polar surface area (TPSA) is 78.5 Å². The molecule has 0 saturated heterocycles. The van der Waals surface area contributed by atoms with Gasteiger partial charge in [-0.2, -0.15) is 0 Å². The van der Waals surface area contributed by atoms with Crippen molar-refractivity contribution in [3.8, 4) is 0 Å². The van der Waals surface area contributed by atoms with Gasteiger partial charge < -0.3 is 15.5 Å². The third kappa shape index (κ3) is 3.80. The third-order valence-corrected chi connectivity index (χ3v) is 4.76. The molecule has 3 rings (SSSR count). The van der Waals surface area contributed by atoms with Gasteiger partial charge in [0.15, 0.2) is 0 Å². The highest BCUT2D eigenvalue weighted by atomic mass is 35.5. The van der Waals surface area contributed by atoms with Gasteiger partial charge in [-0.05, 0) is 31.5 Å². The molecule has 1 aliphatic heterocycles. The highest BCUT2D eigenvalue weighted by Crippen LogP contribution is 2.36. The fraction of sp³-hybridized carbons (Fsp3) is 0.250. The Morgan fingerprint density at radius 3 is 2.44 bits per heavy atom. The van der Waals surface area contributed by atoms with Crippen LogP contribution in [0.2, 0.25) is 5.02 Å². The minimum atomic E-state index is -0.873. The van der Waals surface area contributed by atoms with Crippen molar-refractivity contribution in [1.29, 1.82) is 0 Å². The van der Waals surface area contributed by atoms with Crippen LogP contribution in [0, 0.1) is 0 Å². The Balaban J connectivity index is 1.69. The molecule has 0 unspecified atom stereocenters. The second-order valence-corrected chi connectivity index (χ2v) is 6.95. The number of benzene rings is 2. The van der Waals surface area contributed by atoms with Crippen molar-refractivity contribution in [3.05, 3.63) is 64.7 Å². The van der Waals surface area contributed by atoms with E-state index in [-0.39, 0.29) is 18.5 Å². The highest BCUT2D eigenvalue weighted by Gasteiger charge is 2.39. The molecule has 140 valence electrons. The summed E-state index contributed by atoms with van der Waals surface area (Å²) in [5.41, 5.74) is 2.14. The minimum absolute atomic E-state index is 0.0606. The summed E-state index contributed by atoms with van der Waals surface area (Å²) >= 11 is 6.04. The molecule has 1 heterocycles. The number of carbonyl (C=O) groups is 3. The number of hydrogen-bond acceptors (Lipinski definition) is 3. The number of halogens is 1. The first-order valence-electron chi connectivity index (χ1n) is 8.64. The first kappa shape index (κ1) is 18.9. The normalized spacial score (nSPS) is 15.6. The zero-order valence-electron chi connectivity index (χ0n) is 15.0. The highest BCUT2D eigenvalue weighted by molar-refractivity contribution is 6.36. The smallest absolute Gasteiger partial charge is 0.310 e. The quantitative estimate of drug-likeness (QED) is 0.794. The number of anilines is 1. The molecule has 0 bridgehead atoms. The van der Waals surface area contributed by atoms with Gasteiger partial charge >= 0.3 is 11.8 Å². The number of hydrogen-bond donors (Lipinski definition) is 2. The lowest BCUT2D eigenvalue weighted by molar-refractivity contribution is -0.140. The number of amides is 3. The SMILES string of the molecule is CC(C)N1C(=O)[C@H](NC(=O)C(=O)NCc2ccccc2Cl)c2ccccc21. The van der Waals surface area contributed by atoms with E-state index in [1.165, 1.54) is 0 Å². The van der Waals surface area contributed by atoms with E-state index in [9.17, 15) is 14.4 Å². The maximum atomic E-state index is 12.7. The average Bonchev–Trinajstić information content (AvgIpc) is 2.92. The molecule has 0 spiro atoms. The van der Waals surface area contributed by atoms with Crippen molar-refractivity contribution >= 4 is 35.0 Å². The van der Waals surface area contributed by atoms with Crippen LogP contribution in [0.3, 0.4) is 0 Å². The number of para-hydroxylation sites is 1. The molecule has 0 fully saturated rings. The number of fused-ring (bicyclic) bond motifs is 1. The molecule has 1 atom stereocenters. The minimum Gasteiger partial charge on any atom is -0.344 e. The van der Waals surface area contributed by atoms with Gasteiger partial charge in [-0.1, -0.05) is 48.0 Å². The average molecular weight is 386 g/mol. The van der Waals surface area contributed by atoms with Gasteiger partial charge in [0.05, 0.1) is 0 Å². The van der Waals surface area contributed by atoms with Crippen molar-refractivity contribution < 1.29 is 14.4 Å². The van der Waals surface area contributed by atoms with Crippen LogP contribution in [0.5, 0.6) is 0 Å². The zero-order chi connectivity index (χ0) is 19.6. The monoisotopic (exact) mass is 385 g/mol. The maximum absolute atomic E-state index is 12.7. The second kappa shape index (κ2) is 7.80. The predicted octanol–water partition coefficient (Wildman–Crippen LogP) is 2.57. The van der Waals surface area contributed by atoms with E-state index < -0.39 is 17.9 Å². The fourth-order valence-corrected chi connectivity index (χ4v) is 3.31. The molecule has 6 nitrogen and oxygen atoms in total. The molecule has 0 saturated carbocycles. The van der Waals surface area contributed by atoms with Crippen LogP contribution >= 0.6 is 11.6 Å². The van der Waals surface area contributed by atoms with Crippen molar-refractivity contribution in [2.24, 2.45) is 0 Å². The Labute approximate surface area is 162 Å². The van der Waals surface area contributed by atoms with E-state index >= 15 is 0 Å². The van der Waals surface area contributed by atoms with Gasteiger partial charge in [-0.25, -0.2) is 0 Å². The van der Waals surface area contributed by atoms with Crippen LogP contribution in [0.25, 0.3) is 0 Å². The largest absolute Gasteiger partial charge is 0.344 e. The fourth-order valence-electron chi connectivity index (χ4n) is 3.11. The standard InChI is InChI=1S/C20H20ClN3O3/c1-12(2)24-16-10-6-4-8-14(16)17(20(24)27)23-19(26)18(25)22-11-13-7-3-5-9-15(13)21/h3-10,12,17H,11H2,1-2H3,(H,22,25)(H,23,26)/t17-/m1/s1. The summed E-state index contributed by atoms with van der Waals surface area (Å²) in [5, 5.41) is 5.58. The first-order chi connectivity index (χ1) is 12.9. The van der Waals surface area contributed by atoms with Crippen LogP contribution in [0.15, 0.2) is 48.5 Å². The number of nitrogens with one attached hydrogen (secondary N) is 2. The lowest BCUT2D eigenvalue weighted by Crippen LogP contribution is -2.45. The van der Waals surface area contributed by atoms with E-state index in [4.69, 9.17) is 11.6 Å². The van der Waals surface area contributed by atoms with Gasteiger partial charge in [-0.3, -0.25) is 14.4 Å². The summed E-state index contributed by atoms with van der Waals surface area (Å²) in [5.74, 6) is -1.93. The third-order valence-electron chi connectivity index (χ3n) is 4.39. The zero-order valence-corrected chi connectivity index (χ0v) is 15.8. The van der Waals surface area contributed by atoms with Crippen molar-refractivity contribution in [2.75, 3.05) is 4.90 Å². The second-order valence-electron chi connectivity index (χ2n) is 6.54. The summed E-state index contributed by atoms with van der Waals surface area (Å²) in [4.78, 5) is 38.8. The summed E-state index contributed by atoms with van der Waals surface area (Å²) in [6.07, 6.45) is 0. The van der Waals surface area contributed by atoms with Gasteiger partial charge in [0.2, 0.25) is 0 Å². The van der Waals surface area contributed by atoms with Crippen LogP contribution in [0.1, 0.15) is 31.0 Å². The molecule has 3 amide bonds. The van der Waals surface area contributed by atoms with Gasteiger partial charge in [-0.15, -0.1) is 0 Å². The van der Waals surface area contributed by atoms with Crippen molar-refractivity contribution in [3.63, 3.8) is 0 Å². The van der Waals surface area contributed by atoms with Gasteiger partial charge in [0.1, 0.15) is 6.04 Å². The van der Waals surface area contributed by atoms with Crippen molar-refractivity contribution in [1.82, 2.24) is 10.6 Å². The Morgan fingerprint density at radius 2 is 1.74 bits per heavy atom. The van der Waals surface area contributed by atoms with E-state index in [0.29, 0.717) is 16.1 Å². The summed E-state index contributed by atoms with van der Waals surface area (Å²) < 4.78 is 0. The molecule has 2 aromatic carbocycles. The Bertz CT molecular complexity index is 898. The molecular weight excluding hydrogens is 366 g/mol. The van der Waals surface area contributed by atoms with E-state index in [0.717, 1.165) is 5.69 Å². The molecule has 0 radical (unpaired) electrons. The Kier molecular flexibility index (Phi) is 5.46. The molecule has 27 heavy (non-hydrogen) atoms. The lowest BCUT2D eigenvalue weighted by atomic mass is 10.1. The molecule has 0 aromatic heterocycles. The molecule has 0 aliphatic carbocycles. The maximum Gasteiger partial charge on any atom is 0.310 e. The van der Waals surface area contributed by atoms with Gasteiger partial charge in [0, 0.05) is 28.9 Å². The summed E-state index contributed by atoms with van der Waals surface area (Å²) in [6, 6.07) is 13.4. The number of nitrogens with zero attached hydrogens (tertiary/aromatic N) is 1. The predicted molar refractivity (Wildman–Crippen MR) is 103 cm³/mol.